The molecule has 0 aliphatic heterocycles. The molecule has 2 rings (SSSR count). The predicted octanol–water partition coefficient (Wildman–Crippen LogP) is 2.92. The number of aliphatic carboxylic acids is 1. The molecular formula is C17H23NO5. The van der Waals surface area contributed by atoms with E-state index in [0.717, 1.165) is 0 Å². The summed E-state index contributed by atoms with van der Waals surface area (Å²) in [6.07, 6.45) is 1.49. The number of carbonyl (C=O) groups excluding carboxylic acids is 1. The molecule has 0 unspecified atom stereocenters. The molecule has 1 aliphatic rings. The van der Waals surface area contributed by atoms with Gasteiger partial charge in [0.2, 0.25) is 5.91 Å². The van der Waals surface area contributed by atoms with Gasteiger partial charge in [-0.25, -0.2) is 0 Å². The van der Waals surface area contributed by atoms with Crippen molar-refractivity contribution in [1.29, 1.82) is 0 Å². The summed E-state index contributed by atoms with van der Waals surface area (Å²) >= 11 is 0. The Balaban J connectivity index is 2.11. The van der Waals surface area contributed by atoms with Crippen LogP contribution in [0.15, 0.2) is 18.2 Å². The highest BCUT2D eigenvalue weighted by Gasteiger charge is 2.34. The lowest BCUT2D eigenvalue weighted by Gasteiger charge is -2.17. The zero-order valence-corrected chi connectivity index (χ0v) is 13.7. The number of ether oxygens (including phenoxy) is 2. The fourth-order valence-corrected chi connectivity index (χ4v) is 2.77. The first kappa shape index (κ1) is 17.1. The normalized spacial score (nSPS) is 20.3. The van der Waals surface area contributed by atoms with E-state index in [2.05, 4.69) is 5.32 Å². The maximum atomic E-state index is 12.4. The summed E-state index contributed by atoms with van der Waals surface area (Å²) in [4.78, 5) is 23.4. The first-order chi connectivity index (χ1) is 10.9. The summed E-state index contributed by atoms with van der Waals surface area (Å²) < 4.78 is 10.9. The Bertz CT molecular complexity index is 584. The molecule has 1 amide bonds. The van der Waals surface area contributed by atoms with Crippen molar-refractivity contribution in [2.45, 2.75) is 39.2 Å². The van der Waals surface area contributed by atoms with Crippen molar-refractivity contribution in [2.75, 3.05) is 12.4 Å². The van der Waals surface area contributed by atoms with Crippen molar-refractivity contribution in [3.8, 4) is 11.5 Å². The Morgan fingerprint density at radius 2 is 1.96 bits per heavy atom. The predicted molar refractivity (Wildman–Crippen MR) is 85.9 cm³/mol. The van der Waals surface area contributed by atoms with Crippen molar-refractivity contribution in [3.63, 3.8) is 0 Å². The maximum absolute atomic E-state index is 12.4. The molecule has 1 fully saturated rings. The molecule has 6 nitrogen and oxygen atoms in total. The highest BCUT2D eigenvalue weighted by atomic mass is 16.5. The van der Waals surface area contributed by atoms with Crippen LogP contribution in [0.5, 0.6) is 11.5 Å². The minimum Gasteiger partial charge on any atom is -0.497 e. The van der Waals surface area contributed by atoms with Crippen LogP contribution in [0.1, 0.15) is 33.1 Å². The summed E-state index contributed by atoms with van der Waals surface area (Å²) in [5.74, 6) is -0.522. The van der Waals surface area contributed by atoms with E-state index in [1.807, 2.05) is 13.8 Å². The molecule has 6 heteroatoms. The molecule has 2 N–H and O–H groups in total. The molecule has 0 heterocycles. The zero-order valence-electron chi connectivity index (χ0n) is 13.7. The highest BCUT2D eigenvalue weighted by molar-refractivity contribution is 5.94. The summed E-state index contributed by atoms with van der Waals surface area (Å²) in [6.45, 7) is 3.81. The van der Waals surface area contributed by atoms with Gasteiger partial charge in [0, 0.05) is 12.0 Å². The Morgan fingerprint density at radius 1 is 1.26 bits per heavy atom. The second kappa shape index (κ2) is 7.35. The van der Waals surface area contributed by atoms with Crippen LogP contribution in [-0.4, -0.2) is 30.2 Å². The maximum Gasteiger partial charge on any atom is 0.306 e. The number of carboxylic acid groups (broad SMARTS) is 1. The standard InChI is InChI=1S/C17H23NO5/c1-10(2)23-15-7-6-13(22-3)9-14(15)18-16(19)11-4-5-12(8-11)17(20)21/h6-7,9-12H,4-5,8H2,1-3H3,(H,18,19)(H,20,21)/t11-,12+/m1/s1. The lowest BCUT2D eigenvalue weighted by molar-refractivity contribution is -0.141. The molecule has 23 heavy (non-hydrogen) atoms. The number of carboxylic acids is 1. The monoisotopic (exact) mass is 321 g/mol. The first-order valence-corrected chi connectivity index (χ1v) is 7.79. The van der Waals surface area contributed by atoms with E-state index in [1.165, 1.54) is 0 Å². The van der Waals surface area contributed by atoms with Crippen LogP contribution in [-0.2, 0) is 9.59 Å². The van der Waals surface area contributed by atoms with Gasteiger partial charge < -0.3 is 19.9 Å². The Labute approximate surface area is 135 Å². The third kappa shape index (κ3) is 4.37. The van der Waals surface area contributed by atoms with Gasteiger partial charge in [-0.3, -0.25) is 9.59 Å². The molecule has 1 aliphatic carbocycles. The minimum absolute atomic E-state index is 0.0260. The Kier molecular flexibility index (Phi) is 5.47. The fourth-order valence-electron chi connectivity index (χ4n) is 2.77. The van der Waals surface area contributed by atoms with Crippen molar-refractivity contribution < 1.29 is 24.2 Å². The smallest absolute Gasteiger partial charge is 0.306 e. The highest BCUT2D eigenvalue weighted by Crippen LogP contribution is 2.34. The average Bonchev–Trinajstić information content (AvgIpc) is 2.98. The van der Waals surface area contributed by atoms with Gasteiger partial charge in [0.15, 0.2) is 0 Å². The average molecular weight is 321 g/mol. The number of methoxy groups -OCH3 is 1. The van der Waals surface area contributed by atoms with E-state index in [-0.39, 0.29) is 17.9 Å². The van der Waals surface area contributed by atoms with E-state index in [1.54, 1.807) is 25.3 Å². The molecule has 0 spiro atoms. The summed E-state index contributed by atoms with van der Waals surface area (Å²) in [5, 5.41) is 11.9. The molecule has 0 saturated heterocycles. The molecule has 0 aromatic heterocycles. The Morgan fingerprint density at radius 3 is 2.52 bits per heavy atom. The van der Waals surface area contributed by atoms with Crippen LogP contribution in [0.25, 0.3) is 0 Å². The molecule has 0 radical (unpaired) electrons. The molecular weight excluding hydrogens is 298 g/mol. The van der Waals surface area contributed by atoms with Gasteiger partial charge in [0.05, 0.1) is 24.8 Å². The Hall–Kier alpha value is -2.24. The van der Waals surface area contributed by atoms with Crippen molar-refractivity contribution >= 4 is 17.6 Å². The number of carbonyl (C=O) groups is 2. The molecule has 0 bridgehead atoms. The number of benzene rings is 1. The quantitative estimate of drug-likeness (QED) is 0.841. The van der Waals surface area contributed by atoms with Gasteiger partial charge >= 0.3 is 5.97 Å². The van der Waals surface area contributed by atoms with Gasteiger partial charge in [-0.15, -0.1) is 0 Å². The number of anilines is 1. The lowest BCUT2D eigenvalue weighted by atomic mass is 10.0. The lowest BCUT2D eigenvalue weighted by Crippen LogP contribution is -2.22. The van der Waals surface area contributed by atoms with Gasteiger partial charge in [0.25, 0.3) is 0 Å². The van der Waals surface area contributed by atoms with Gasteiger partial charge in [-0.05, 0) is 45.2 Å². The number of nitrogens with one attached hydrogen (secondary N) is 1. The molecule has 1 saturated carbocycles. The molecule has 1 aromatic rings. The fraction of sp³-hybridized carbons (Fsp3) is 0.529. The van der Waals surface area contributed by atoms with Crippen molar-refractivity contribution in [2.24, 2.45) is 11.8 Å². The largest absolute Gasteiger partial charge is 0.497 e. The van der Waals surface area contributed by atoms with Gasteiger partial charge in [-0.2, -0.15) is 0 Å². The van der Waals surface area contributed by atoms with Crippen LogP contribution in [0, 0.1) is 11.8 Å². The SMILES string of the molecule is COc1ccc(OC(C)C)c(NC(=O)[C@@H]2CC[C@H](C(=O)O)C2)c1. The molecule has 2 atom stereocenters. The van der Waals surface area contributed by atoms with E-state index in [4.69, 9.17) is 14.6 Å². The van der Waals surface area contributed by atoms with Crippen LogP contribution in [0.4, 0.5) is 5.69 Å². The zero-order chi connectivity index (χ0) is 17.0. The van der Waals surface area contributed by atoms with E-state index < -0.39 is 11.9 Å². The third-order valence-electron chi connectivity index (χ3n) is 3.96. The minimum atomic E-state index is -0.828. The van der Waals surface area contributed by atoms with Gasteiger partial charge in [-0.1, -0.05) is 0 Å². The van der Waals surface area contributed by atoms with E-state index in [0.29, 0.717) is 36.4 Å². The van der Waals surface area contributed by atoms with E-state index in [9.17, 15) is 9.59 Å². The second-order valence-electron chi connectivity index (χ2n) is 6.06. The number of amides is 1. The number of hydrogen-bond acceptors (Lipinski definition) is 4. The van der Waals surface area contributed by atoms with Crippen LogP contribution in [0.3, 0.4) is 0 Å². The topological polar surface area (TPSA) is 84.9 Å². The first-order valence-electron chi connectivity index (χ1n) is 7.79. The van der Waals surface area contributed by atoms with Crippen molar-refractivity contribution in [3.05, 3.63) is 18.2 Å². The van der Waals surface area contributed by atoms with Crippen molar-refractivity contribution in [1.82, 2.24) is 0 Å². The number of hydrogen-bond donors (Lipinski definition) is 2. The second-order valence-corrected chi connectivity index (χ2v) is 6.06. The molecule has 126 valence electrons. The van der Waals surface area contributed by atoms with Crippen LogP contribution >= 0.6 is 0 Å². The van der Waals surface area contributed by atoms with Crippen LogP contribution < -0.4 is 14.8 Å². The summed E-state index contributed by atoms with van der Waals surface area (Å²) in [5.41, 5.74) is 0.543. The number of rotatable bonds is 6. The van der Waals surface area contributed by atoms with Crippen LogP contribution in [0.2, 0.25) is 0 Å². The summed E-state index contributed by atoms with van der Waals surface area (Å²) in [7, 11) is 1.55. The summed E-state index contributed by atoms with van der Waals surface area (Å²) in [6, 6.07) is 5.23. The van der Waals surface area contributed by atoms with Gasteiger partial charge in [0.1, 0.15) is 11.5 Å². The third-order valence-corrected chi connectivity index (χ3v) is 3.96. The molecule has 1 aromatic carbocycles. The van der Waals surface area contributed by atoms with E-state index >= 15 is 0 Å².